The molecule has 1 saturated heterocycles. The lowest BCUT2D eigenvalue weighted by Gasteiger charge is -2.33. The minimum absolute atomic E-state index is 0.105. The standard InChI is InChI=1S/C21H21FN4O2/c22-16-7-4-8-18(11-16)28-14-17-12-19(25-24-17)21(27)26-10-9-23-20(13-26)15-5-2-1-3-6-15/h1-8,11-12,20,23H,9-10,13-14H2,(H,24,25)/t20-/m0/s1. The van der Waals surface area contributed by atoms with Crippen molar-refractivity contribution in [2.24, 2.45) is 0 Å². The Bertz CT molecular complexity index is 944. The molecule has 1 aromatic heterocycles. The van der Waals surface area contributed by atoms with Gasteiger partial charge in [0.2, 0.25) is 0 Å². The molecule has 2 heterocycles. The van der Waals surface area contributed by atoms with E-state index in [0.717, 1.165) is 12.1 Å². The molecule has 0 saturated carbocycles. The number of ether oxygens (including phenoxy) is 1. The van der Waals surface area contributed by atoms with E-state index in [2.05, 4.69) is 27.6 Å². The number of nitrogens with one attached hydrogen (secondary N) is 2. The van der Waals surface area contributed by atoms with Crippen molar-refractivity contribution in [2.75, 3.05) is 19.6 Å². The van der Waals surface area contributed by atoms with Crippen molar-refractivity contribution >= 4 is 5.91 Å². The second-order valence-electron chi connectivity index (χ2n) is 6.69. The van der Waals surface area contributed by atoms with Gasteiger partial charge in [-0.3, -0.25) is 9.89 Å². The van der Waals surface area contributed by atoms with Gasteiger partial charge in [0, 0.05) is 31.7 Å². The zero-order valence-electron chi connectivity index (χ0n) is 15.3. The number of aromatic nitrogens is 2. The lowest BCUT2D eigenvalue weighted by Crippen LogP contribution is -2.48. The summed E-state index contributed by atoms with van der Waals surface area (Å²) in [6.45, 7) is 2.12. The number of hydrogen-bond acceptors (Lipinski definition) is 4. The van der Waals surface area contributed by atoms with Crippen LogP contribution in [-0.4, -0.2) is 40.6 Å². The number of carbonyl (C=O) groups is 1. The molecule has 1 amide bonds. The molecule has 1 aliphatic heterocycles. The first-order valence-electron chi connectivity index (χ1n) is 9.19. The third-order valence-corrected chi connectivity index (χ3v) is 4.71. The molecule has 1 atom stereocenters. The number of hydrogen-bond donors (Lipinski definition) is 2. The Hall–Kier alpha value is -3.19. The van der Waals surface area contributed by atoms with Crippen molar-refractivity contribution in [2.45, 2.75) is 12.6 Å². The van der Waals surface area contributed by atoms with Crippen LogP contribution >= 0.6 is 0 Å². The van der Waals surface area contributed by atoms with Crippen LogP contribution in [0.4, 0.5) is 4.39 Å². The summed E-state index contributed by atoms with van der Waals surface area (Å²) >= 11 is 0. The van der Waals surface area contributed by atoms with E-state index in [-0.39, 0.29) is 24.4 Å². The highest BCUT2D eigenvalue weighted by Gasteiger charge is 2.26. The second kappa shape index (κ2) is 8.22. The third kappa shape index (κ3) is 4.20. The Morgan fingerprint density at radius 2 is 2.04 bits per heavy atom. The molecule has 6 nitrogen and oxygen atoms in total. The largest absolute Gasteiger partial charge is 0.487 e. The highest BCUT2D eigenvalue weighted by Crippen LogP contribution is 2.19. The SMILES string of the molecule is O=C(c1cc(COc2cccc(F)c2)[nH]n1)N1CCN[C@H](c2ccccc2)C1. The number of piperazine rings is 1. The van der Waals surface area contributed by atoms with Crippen LogP contribution in [0.5, 0.6) is 5.75 Å². The first kappa shape index (κ1) is 18.2. The van der Waals surface area contributed by atoms with Gasteiger partial charge in [-0.05, 0) is 23.8 Å². The molecule has 0 bridgehead atoms. The summed E-state index contributed by atoms with van der Waals surface area (Å²) in [6, 6.07) is 17.8. The Balaban J connectivity index is 1.38. The molecule has 0 aliphatic carbocycles. The van der Waals surface area contributed by atoms with Gasteiger partial charge in [-0.2, -0.15) is 5.10 Å². The van der Waals surface area contributed by atoms with Gasteiger partial charge in [-0.1, -0.05) is 36.4 Å². The van der Waals surface area contributed by atoms with Gasteiger partial charge in [0.1, 0.15) is 18.2 Å². The van der Waals surface area contributed by atoms with Gasteiger partial charge < -0.3 is 15.0 Å². The highest BCUT2D eigenvalue weighted by atomic mass is 19.1. The fourth-order valence-corrected chi connectivity index (χ4v) is 3.27. The highest BCUT2D eigenvalue weighted by molar-refractivity contribution is 5.92. The van der Waals surface area contributed by atoms with Crippen molar-refractivity contribution in [3.63, 3.8) is 0 Å². The van der Waals surface area contributed by atoms with Crippen LogP contribution in [0, 0.1) is 5.82 Å². The summed E-state index contributed by atoms with van der Waals surface area (Å²) in [5, 5.41) is 10.4. The predicted octanol–water partition coefficient (Wildman–Crippen LogP) is 2.91. The number of H-pyrrole nitrogens is 1. The zero-order chi connectivity index (χ0) is 19.3. The maximum absolute atomic E-state index is 13.2. The summed E-state index contributed by atoms with van der Waals surface area (Å²) in [4.78, 5) is 14.6. The minimum atomic E-state index is -0.357. The fourth-order valence-electron chi connectivity index (χ4n) is 3.27. The van der Waals surface area contributed by atoms with E-state index in [1.54, 1.807) is 18.2 Å². The number of rotatable bonds is 5. The Morgan fingerprint density at radius 3 is 2.86 bits per heavy atom. The van der Waals surface area contributed by atoms with Crippen LogP contribution in [0.15, 0.2) is 60.7 Å². The first-order chi connectivity index (χ1) is 13.7. The molecule has 1 aliphatic rings. The summed E-state index contributed by atoms with van der Waals surface area (Å²) in [5.41, 5.74) is 2.17. The van der Waals surface area contributed by atoms with Crippen LogP contribution in [0.1, 0.15) is 27.8 Å². The lowest BCUT2D eigenvalue weighted by atomic mass is 10.0. The van der Waals surface area contributed by atoms with Gasteiger partial charge in [0.25, 0.3) is 5.91 Å². The number of carbonyl (C=O) groups excluding carboxylic acids is 1. The van der Waals surface area contributed by atoms with Crippen molar-refractivity contribution in [3.05, 3.63) is 83.4 Å². The van der Waals surface area contributed by atoms with Crippen molar-refractivity contribution in [1.29, 1.82) is 0 Å². The summed E-state index contributed by atoms with van der Waals surface area (Å²) < 4.78 is 18.7. The molecule has 0 spiro atoms. The molecule has 0 radical (unpaired) electrons. The number of nitrogens with zero attached hydrogens (tertiary/aromatic N) is 2. The third-order valence-electron chi connectivity index (χ3n) is 4.71. The van der Waals surface area contributed by atoms with Crippen LogP contribution in [0.25, 0.3) is 0 Å². The average molecular weight is 380 g/mol. The number of benzene rings is 2. The predicted molar refractivity (Wildman–Crippen MR) is 102 cm³/mol. The number of amides is 1. The molecule has 2 aromatic carbocycles. The molecule has 2 N–H and O–H groups in total. The van der Waals surface area contributed by atoms with Gasteiger partial charge in [-0.15, -0.1) is 0 Å². The van der Waals surface area contributed by atoms with Gasteiger partial charge >= 0.3 is 0 Å². The van der Waals surface area contributed by atoms with Crippen LogP contribution in [-0.2, 0) is 6.61 Å². The van der Waals surface area contributed by atoms with Gasteiger partial charge in [-0.25, -0.2) is 4.39 Å². The smallest absolute Gasteiger partial charge is 0.274 e. The molecule has 144 valence electrons. The minimum Gasteiger partial charge on any atom is -0.487 e. The fraction of sp³-hybridized carbons (Fsp3) is 0.238. The number of halogens is 1. The van der Waals surface area contributed by atoms with Gasteiger partial charge in [0.15, 0.2) is 5.69 Å². The number of aromatic amines is 1. The molecule has 0 unspecified atom stereocenters. The van der Waals surface area contributed by atoms with E-state index >= 15 is 0 Å². The Labute approximate surface area is 162 Å². The summed E-state index contributed by atoms with van der Waals surface area (Å²) in [7, 11) is 0. The summed E-state index contributed by atoms with van der Waals surface area (Å²) in [5.74, 6) is -0.0457. The quantitative estimate of drug-likeness (QED) is 0.714. The molecule has 28 heavy (non-hydrogen) atoms. The molecule has 4 rings (SSSR count). The monoisotopic (exact) mass is 380 g/mol. The Morgan fingerprint density at radius 1 is 1.18 bits per heavy atom. The molecular weight excluding hydrogens is 359 g/mol. The van der Waals surface area contributed by atoms with Crippen molar-refractivity contribution in [1.82, 2.24) is 20.4 Å². The van der Waals surface area contributed by atoms with E-state index < -0.39 is 0 Å². The van der Waals surface area contributed by atoms with E-state index in [4.69, 9.17) is 4.74 Å². The van der Waals surface area contributed by atoms with Gasteiger partial charge in [0.05, 0.1) is 5.69 Å². The molecule has 1 fully saturated rings. The molecule has 3 aromatic rings. The zero-order valence-corrected chi connectivity index (χ0v) is 15.3. The maximum Gasteiger partial charge on any atom is 0.274 e. The van der Waals surface area contributed by atoms with E-state index in [9.17, 15) is 9.18 Å². The van der Waals surface area contributed by atoms with Crippen molar-refractivity contribution in [3.8, 4) is 5.75 Å². The molecular formula is C21H21FN4O2. The average Bonchev–Trinajstić information content (AvgIpc) is 3.22. The Kier molecular flexibility index (Phi) is 5.34. The lowest BCUT2D eigenvalue weighted by molar-refractivity contribution is 0.0697. The van der Waals surface area contributed by atoms with Crippen LogP contribution in [0.3, 0.4) is 0 Å². The van der Waals surface area contributed by atoms with E-state index in [1.807, 2.05) is 23.1 Å². The van der Waals surface area contributed by atoms with Crippen molar-refractivity contribution < 1.29 is 13.9 Å². The maximum atomic E-state index is 13.2. The topological polar surface area (TPSA) is 70.2 Å². The first-order valence-corrected chi connectivity index (χ1v) is 9.19. The summed E-state index contributed by atoms with van der Waals surface area (Å²) in [6.07, 6.45) is 0. The normalized spacial score (nSPS) is 16.8. The van der Waals surface area contributed by atoms with Crippen LogP contribution < -0.4 is 10.1 Å². The second-order valence-corrected chi connectivity index (χ2v) is 6.69. The van der Waals surface area contributed by atoms with E-state index in [0.29, 0.717) is 30.2 Å². The van der Waals surface area contributed by atoms with Crippen LogP contribution in [0.2, 0.25) is 0 Å². The van der Waals surface area contributed by atoms with E-state index in [1.165, 1.54) is 12.1 Å². The molecule has 7 heteroatoms.